The van der Waals surface area contributed by atoms with E-state index in [2.05, 4.69) is 124 Å². The molecular weight excluding hydrogens is 877 g/mol. The number of rotatable bonds is 52. The number of carbonyl (C=O) groups is 3. The van der Waals surface area contributed by atoms with Crippen molar-refractivity contribution in [1.29, 1.82) is 0 Å². The Morgan fingerprint density at radius 1 is 0.310 bits per heavy atom. The van der Waals surface area contributed by atoms with Crippen LogP contribution in [0.1, 0.15) is 265 Å². The highest BCUT2D eigenvalue weighted by Crippen LogP contribution is 2.14. The second-order valence-corrected chi connectivity index (χ2v) is 19.2. The van der Waals surface area contributed by atoms with E-state index in [-0.39, 0.29) is 37.5 Å². The molecular formula is C65H108O6. The summed E-state index contributed by atoms with van der Waals surface area (Å²) in [6.45, 7) is 6.44. The lowest BCUT2D eigenvalue weighted by atomic mass is 10.1. The molecule has 6 heteroatoms. The maximum Gasteiger partial charge on any atom is 0.306 e. The lowest BCUT2D eigenvalue weighted by Crippen LogP contribution is -2.30. The van der Waals surface area contributed by atoms with E-state index in [1.165, 1.54) is 109 Å². The SMILES string of the molecule is CC/C=C\C/C=C\C/C=C\C/C=C\C/C=C\C/C=C\CCC(=O)OCC(COC(=O)CCCCCCC/C=C\CCCCCCCCC)OC(=O)CCCCCCC/C=C\C=C/CCCCCCCCC. The van der Waals surface area contributed by atoms with Gasteiger partial charge in [0.25, 0.3) is 0 Å². The molecule has 71 heavy (non-hydrogen) atoms. The Bertz CT molecular complexity index is 1460. The van der Waals surface area contributed by atoms with Crippen molar-refractivity contribution < 1.29 is 28.6 Å². The summed E-state index contributed by atoms with van der Waals surface area (Å²) in [5.41, 5.74) is 0. The van der Waals surface area contributed by atoms with Crippen LogP contribution in [0.2, 0.25) is 0 Å². The Kier molecular flexibility index (Phi) is 55.4. The summed E-state index contributed by atoms with van der Waals surface area (Å²) in [5, 5.41) is 0. The summed E-state index contributed by atoms with van der Waals surface area (Å²) in [5.74, 6) is -1.02. The van der Waals surface area contributed by atoms with E-state index in [1.807, 2.05) is 6.08 Å². The fourth-order valence-electron chi connectivity index (χ4n) is 7.87. The lowest BCUT2D eigenvalue weighted by molar-refractivity contribution is -0.166. The molecule has 0 rings (SSSR count). The molecule has 0 heterocycles. The third-order valence-electron chi connectivity index (χ3n) is 12.3. The monoisotopic (exact) mass is 985 g/mol. The van der Waals surface area contributed by atoms with Crippen molar-refractivity contribution in [3.05, 3.63) is 109 Å². The van der Waals surface area contributed by atoms with Crippen molar-refractivity contribution in [2.75, 3.05) is 13.2 Å². The smallest absolute Gasteiger partial charge is 0.306 e. The quantitative estimate of drug-likeness (QED) is 0.0199. The predicted octanol–water partition coefficient (Wildman–Crippen LogP) is 19.9. The van der Waals surface area contributed by atoms with Crippen LogP contribution in [-0.4, -0.2) is 37.2 Å². The summed E-state index contributed by atoms with van der Waals surface area (Å²) < 4.78 is 16.8. The van der Waals surface area contributed by atoms with Gasteiger partial charge in [-0.25, -0.2) is 0 Å². The number of allylic oxidation sites excluding steroid dienone is 18. The third-order valence-corrected chi connectivity index (χ3v) is 12.3. The zero-order chi connectivity index (χ0) is 51.4. The summed E-state index contributed by atoms with van der Waals surface area (Å²) >= 11 is 0. The first-order valence-corrected chi connectivity index (χ1v) is 29.4. The second-order valence-electron chi connectivity index (χ2n) is 19.2. The molecule has 0 aliphatic heterocycles. The summed E-state index contributed by atoms with van der Waals surface area (Å²) in [6, 6.07) is 0. The van der Waals surface area contributed by atoms with Gasteiger partial charge < -0.3 is 14.2 Å². The Labute approximate surface area is 438 Å². The van der Waals surface area contributed by atoms with Crippen LogP contribution >= 0.6 is 0 Å². The van der Waals surface area contributed by atoms with Crippen LogP contribution in [-0.2, 0) is 28.6 Å². The highest BCUT2D eigenvalue weighted by atomic mass is 16.6. The van der Waals surface area contributed by atoms with Crippen molar-refractivity contribution in [2.45, 2.75) is 271 Å². The van der Waals surface area contributed by atoms with Gasteiger partial charge in [0, 0.05) is 19.3 Å². The van der Waals surface area contributed by atoms with Gasteiger partial charge in [0.2, 0.25) is 0 Å². The Morgan fingerprint density at radius 3 is 1.03 bits per heavy atom. The Balaban J connectivity index is 4.55. The van der Waals surface area contributed by atoms with Gasteiger partial charge in [0.15, 0.2) is 6.10 Å². The van der Waals surface area contributed by atoms with Crippen LogP contribution < -0.4 is 0 Å². The molecule has 0 saturated carbocycles. The van der Waals surface area contributed by atoms with Gasteiger partial charge in [-0.05, 0) is 109 Å². The molecule has 0 bridgehead atoms. The van der Waals surface area contributed by atoms with Crippen LogP contribution in [0.4, 0.5) is 0 Å². The number of hydrogen-bond acceptors (Lipinski definition) is 6. The summed E-state index contributed by atoms with van der Waals surface area (Å²) in [4.78, 5) is 38.2. The number of unbranched alkanes of at least 4 members (excludes halogenated alkanes) is 24. The predicted molar refractivity (Wildman–Crippen MR) is 307 cm³/mol. The van der Waals surface area contributed by atoms with Gasteiger partial charge in [-0.2, -0.15) is 0 Å². The van der Waals surface area contributed by atoms with Crippen molar-refractivity contribution in [3.63, 3.8) is 0 Å². The number of hydrogen-bond donors (Lipinski definition) is 0. The second kappa shape index (κ2) is 58.6. The molecule has 0 aromatic heterocycles. The normalized spacial score (nSPS) is 12.9. The minimum atomic E-state index is -0.823. The number of carbonyl (C=O) groups excluding carboxylic acids is 3. The van der Waals surface area contributed by atoms with Crippen LogP contribution in [0, 0.1) is 0 Å². The van der Waals surface area contributed by atoms with E-state index in [1.54, 1.807) is 0 Å². The zero-order valence-corrected chi connectivity index (χ0v) is 46.2. The molecule has 1 atom stereocenters. The van der Waals surface area contributed by atoms with Crippen molar-refractivity contribution in [2.24, 2.45) is 0 Å². The molecule has 404 valence electrons. The number of esters is 3. The maximum absolute atomic E-state index is 12.9. The van der Waals surface area contributed by atoms with Crippen LogP contribution in [0.3, 0.4) is 0 Å². The Hall–Kier alpha value is -3.93. The summed E-state index contributed by atoms with van der Waals surface area (Å²) in [7, 11) is 0. The van der Waals surface area contributed by atoms with E-state index in [0.29, 0.717) is 19.3 Å². The minimum Gasteiger partial charge on any atom is -0.462 e. The van der Waals surface area contributed by atoms with Crippen LogP contribution in [0.15, 0.2) is 109 Å². The van der Waals surface area contributed by atoms with E-state index in [0.717, 1.165) is 109 Å². The molecule has 0 radical (unpaired) electrons. The number of ether oxygens (including phenoxy) is 3. The fraction of sp³-hybridized carbons (Fsp3) is 0.677. The zero-order valence-electron chi connectivity index (χ0n) is 46.2. The molecule has 0 aromatic rings. The molecule has 0 aliphatic carbocycles. The third kappa shape index (κ3) is 56.9. The van der Waals surface area contributed by atoms with Gasteiger partial charge >= 0.3 is 17.9 Å². The van der Waals surface area contributed by atoms with E-state index in [4.69, 9.17) is 14.2 Å². The van der Waals surface area contributed by atoms with Crippen LogP contribution in [0.25, 0.3) is 0 Å². The standard InChI is InChI=1S/C65H108O6/c1-4-7-10-13-16-19-22-25-28-31-33-35-37-40-43-46-49-52-55-58-64(67)70-61-62(60-69-63(66)57-54-51-48-45-42-39-36-30-27-24-21-18-15-12-9-6-3)71-65(68)59-56-53-50-47-44-41-38-34-32-29-26-23-20-17-14-11-8-5-2/h7,10,16,19,25,28-30,32-36,38,40,43,49,52,62H,4-6,8-9,11-15,17-18,20-24,26-27,31,37,39,41-42,44-48,50-51,53-61H2,1-3H3/b10-7-,19-16-,28-25-,32-29-,35-33-,36-30-,38-34-,43-40-,52-49-. The summed E-state index contributed by atoms with van der Waals surface area (Å²) in [6.07, 6.45) is 79.5. The molecule has 6 nitrogen and oxygen atoms in total. The molecule has 0 saturated heterocycles. The van der Waals surface area contributed by atoms with Crippen LogP contribution in [0.5, 0.6) is 0 Å². The van der Waals surface area contributed by atoms with Gasteiger partial charge in [0.05, 0.1) is 0 Å². The molecule has 0 amide bonds. The molecule has 0 spiro atoms. The average molecular weight is 986 g/mol. The fourth-order valence-corrected chi connectivity index (χ4v) is 7.87. The van der Waals surface area contributed by atoms with Crippen molar-refractivity contribution >= 4 is 17.9 Å². The largest absolute Gasteiger partial charge is 0.462 e. The minimum absolute atomic E-state index is 0.113. The average Bonchev–Trinajstić information content (AvgIpc) is 3.37. The van der Waals surface area contributed by atoms with E-state index < -0.39 is 6.10 Å². The maximum atomic E-state index is 12.9. The molecule has 0 aliphatic rings. The Morgan fingerprint density at radius 2 is 0.620 bits per heavy atom. The molecule has 1 unspecified atom stereocenters. The molecule has 0 N–H and O–H groups in total. The first-order chi connectivity index (χ1) is 35.0. The first kappa shape index (κ1) is 67.1. The highest BCUT2D eigenvalue weighted by molar-refractivity contribution is 5.71. The van der Waals surface area contributed by atoms with E-state index in [9.17, 15) is 14.4 Å². The van der Waals surface area contributed by atoms with Gasteiger partial charge in [-0.3, -0.25) is 14.4 Å². The van der Waals surface area contributed by atoms with Crippen molar-refractivity contribution in [1.82, 2.24) is 0 Å². The first-order valence-electron chi connectivity index (χ1n) is 29.4. The van der Waals surface area contributed by atoms with Gasteiger partial charge in [0.1, 0.15) is 13.2 Å². The highest BCUT2D eigenvalue weighted by Gasteiger charge is 2.19. The van der Waals surface area contributed by atoms with E-state index >= 15 is 0 Å². The van der Waals surface area contributed by atoms with Crippen molar-refractivity contribution in [3.8, 4) is 0 Å². The van der Waals surface area contributed by atoms with Gasteiger partial charge in [-0.1, -0.05) is 246 Å². The van der Waals surface area contributed by atoms with Gasteiger partial charge in [-0.15, -0.1) is 0 Å². The molecule has 0 fully saturated rings. The molecule has 0 aromatic carbocycles. The topological polar surface area (TPSA) is 78.9 Å². The lowest BCUT2D eigenvalue weighted by Gasteiger charge is -2.18.